The molecule has 3 rings (SSSR count). The molecule has 172 valence electrons. The lowest BCUT2D eigenvalue weighted by molar-refractivity contribution is -0.144. The minimum atomic E-state index is -0.351. The quantitative estimate of drug-likeness (QED) is 0.150. The summed E-state index contributed by atoms with van der Waals surface area (Å²) < 4.78 is 4.90. The monoisotopic (exact) mass is 444 g/mol. The molecule has 1 atom stereocenters. The highest BCUT2D eigenvalue weighted by Crippen LogP contribution is 2.25. The molecule has 0 saturated carbocycles. The lowest BCUT2D eigenvalue weighted by atomic mass is 9.97. The van der Waals surface area contributed by atoms with Crippen LogP contribution in [0.25, 0.3) is 11.1 Å². The van der Waals surface area contributed by atoms with Crippen LogP contribution in [0.1, 0.15) is 30.5 Å². The Bertz CT molecular complexity index is 1060. The summed E-state index contributed by atoms with van der Waals surface area (Å²) in [5, 5.41) is 13.4. The molecule has 0 bridgehead atoms. The van der Waals surface area contributed by atoms with Gasteiger partial charge in [0.25, 0.3) is 0 Å². The lowest BCUT2D eigenvalue weighted by Crippen LogP contribution is -2.41. The van der Waals surface area contributed by atoms with Crippen LogP contribution in [0.2, 0.25) is 0 Å². The summed E-state index contributed by atoms with van der Waals surface area (Å²) in [5.41, 5.74) is 4.82. The van der Waals surface area contributed by atoms with Gasteiger partial charge in [-0.05, 0) is 28.2 Å². The number of amidine groups is 1. The molecule has 1 unspecified atom stereocenters. The first-order valence-corrected chi connectivity index (χ1v) is 11.0. The molecular formula is C27H32N4O2. The van der Waals surface area contributed by atoms with Gasteiger partial charge in [-0.3, -0.25) is 15.2 Å². The van der Waals surface area contributed by atoms with Crippen molar-refractivity contribution in [2.45, 2.75) is 33.0 Å². The molecule has 0 radical (unpaired) electrons. The van der Waals surface area contributed by atoms with Crippen LogP contribution in [-0.4, -0.2) is 30.0 Å². The fourth-order valence-electron chi connectivity index (χ4n) is 3.70. The predicted octanol–water partition coefficient (Wildman–Crippen LogP) is 4.34. The summed E-state index contributed by atoms with van der Waals surface area (Å²) in [5.74, 6) is 6.38. The van der Waals surface area contributed by atoms with E-state index in [0.29, 0.717) is 13.1 Å². The Labute approximate surface area is 195 Å². The van der Waals surface area contributed by atoms with Crippen LogP contribution in [0, 0.1) is 11.3 Å². The summed E-state index contributed by atoms with van der Waals surface area (Å²) in [7, 11) is 1.41. The van der Waals surface area contributed by atoms with Gasteiger partial charge in [-0.2, -0.15) is 0 Å². The summed E-state index contributed by atoms with van der Waals surface area (Å²) in [6, 6.07) is 25.4. The first-order chi connectivity index (χ1) is 15.9. The second-order valence-electron chi connectivity index (χ2n) is 8.33. The molecule has 3 aromatic rings. The van der Waals surface area contributed by atoms with Gasteiger partial charge in [0.05, 0.1) is 13.7 Å². The van der Waals surface area contributed by atoms with Gasteiger partial charge in [-0.15, -0.1) is 0 Å². The first kappa shape index (κ1) is 24.2. The maximum absolute atomic E-state index is 12.0. The lowest BCUT2D eigenvalue weighted by Gasteiger charge is -2.22. The smallest absolute Gasteiger partial charge is 0.323 e. The number of hydrazine groups is 1. The summed E-state index contributed by atoms with van der Waals surface area (Å²) in [6.07, 6.45) is 0. The van der Waals surface area contributed by atoms with Gasteiger partial charge in [0.15, 0.2) is 0 Å². The van der Waals surface area contributed by atoms with E-state index in [1.54, 1.807) is 0 Å². The van der Waals surface area contributed by atoms with Crippen molar-refractivity contribution in [1.82, 2.24) is 10.3 Å². The van der Waals surface area contributed by atoms with Gasteiger partial charge < -0.3 is 10.1 Å². The highest BCUT2D eigenvalue weighted by atomic mass is 16.5. The zero-order valence-corrected chi connectivity index (χ0v) is 19.4. The number of nitrogens with zero attached hydrogens (tertiary/aromatic N) is 1. The molecule has 0 aliphatic heterocycles. The Hall–Kier alpha value is -3.48. The maximum atomic E-state index is 12.0. The van der Waals surface area contributed by atoms with Crippen LogP contribution < -0.4 is 11.2 Å². The molecule has 0 fully saturated rings. The molecule has 0 heterocycles. The Kier molecular flexibility index (Phi) is 8.35. The van der Waals surface area contributed by atoms with Crippen molar-refractivity contribution in [1.29, 1.82) is 5.41 Å². The topological polar surface area (TPSA) is 91.4 Å². The van der Waals surface area contributed by atoms with Crippen molar-refractivity contribution >= 4 is 11.8 Å². The number of ether oxygens (including phenoxy) is 1. The Morgan fingerprint density at radius 3 is 2.24 bits per heavy atom. The first-order valence-electron chi connectivity index (χ1n) is 11.0. The number of rotatable bonds is 9. The summed E-state index contributed by atoms with van der Waals surface area (Å²) in [4.78, 5) is 12.0. The molecule has 0 spiro atoms. The van der Waals surface area contributed by atoms with E-state index in [1.807, 2.05) is 92.7 Å². The second-order valence-corrected chi connectivity index (χ2v) is 8.33. The molecule has 0 aliphatic rings. The van der Waals surface area contributed by atoms with Crippen LogP contribution in [0.5, 0.6) is 0 Å². The Morgan fingerprint density at radius 1 is 0.970 bits per heavy atom. The second kappa shape index (κ2) is 11.4. The average Bonchev–Trinajstić information content (AvgIpc) is 2.84. The van der Waals surface area contributed by atoms with E-state index >= 15 is 0 Å². The number of hydrogen-bond acceptors (Lipinski definition) is 5. The fourth-order valence-corrected chi connectivity index (χ4v) is 3.70. The molecule has 0 aliphatic carbocycles. The number of carbonyl (C=O) groups excluding carboxylic acids is 1. The van der Waals surface area contributed by atoms with E-state index < -0.39 is 0 Å². The minimum Gasteiger partial charge on any atom is -0.468 e. The standard InChI is InChI=1S/C27H32N4O2/c1-19(2)25(27(32)33-3)30-17-20-13-15-22(16-14-20)23-11-7-8-12-24(23)26(28)31(29)18-21-9-5-4-6-10-21/h4-16,19,25,28,30H,17-18,29H2,1-3H3. The van der Waals surface area contributed by atoms with Crippen LogP contribution in [-0.2, 0) is 22.6 Å². The number of esters is 1. The van der Waals surface area contributed by atoms with E-state index in [1.165, 1.54) is 12.1 Å². The fraction of sp³-hybridized carbons (Fsp3) is 0.259. The normalized spacial score (nSPS) is 11.8. The zero-order valence-electron chi connectivity index (χ0n) is 19.4. The van der Waals surface area contributed by atoms with E-state index in [2.05, 4.69) is 5.32 Å². The molecule has 0 amide bonds. The summed E-state index contributed by atoms with van der Waals surface area (Å²) >= 11 is 0. The molecule has 33 heavy (non-hydrogen) atoms. The summed E-state index contributed by atoms with van der Waals surface area (Å²) in [6.45, 7) is 4.99. The molecule has 0 saturated heterocycles. The van der Waals surface area contributed by atoms with Gasteiger partial charge in [0.2, 0.25) is 0 Å². The van der Waals surface area contributed by atoms with Gasteiger partial charge in [0.1, 0.15) is 11.9 Å². The van der Waals surface area contributed by atoms with Gasteiger partial charge >= 0.3 is 5.97 Å². The van der Waals surface area contributed by atoms with Crippen molar-refractivity contribution in [3.05, 3.63) is 95.6 Å². The van der Waals surface area contributed by atoms with Crippen LogP contribution in [0.15, 0.2) is 78.9 Å². The largest absolute Gasteiger partial charge is 0.468 e. The Balaban J connectivity index is 1.74. The van der Waals surface area contributed by atoms with Crippen molar-refractivity contribution in [3.63, 3.8) is 0 Å². The number of hydrogen-bond donors (Lipinski definition) is 3. The van der Waals surface area contributed by atoms with Gasteiger partial charge in [0, 0.05) is 12.1 Å². The third kappa shape index (κ3) is 6.28. The average molecular weight is 445 g/mol. The number of methoxy groups -OCH3 is 1. The predicted molar refractivity (Wildman–Crippen MR) is 132 cm³/mol. The van der Waals surface area contributed by atoms with E-state index in [9.17, 15) is 4.79 Å². The Morgan fingerprint density at radius 2 is 1.61 bits per heavy atom. The number of benzene rings is 3. The van der Waals surface area contributed by atoms with Crippen molar-refractivity contribution in [2.24, 2.45) is 11.8 Å². The number of nitrogens with one attached hydrogen (secondary N) is 2. The van der Waals surface area contributed by atoms with Crippen LogP contribution >= 0.6 is 0 Å². The van der Waals surface area contributed by atoms with Gasteiger partial charge in [-0.1, -0.05) is 92.7 Å². The highest BCUT2D eigenvalue weighted by Gasteiger charge is 2.22. The molecular weight excluding hydrogens is 412 g/mol. The molecule has 0 aromatic heterocycles. The molecule has 6 heteroatoms. The number of nitrogens with two attached hydrogens (primary N) is 1. The molecule has 6 nitrogen and oxygen atoms in total. The third-order valence-corrected chi connectivity index (χ3v) is 5.58. The molecule has 3 aromatic carbocycles. The van der Waals surface area contributed by atoms with Crippen molar-refractivity contribution in [2.75, 3.05) is 7.11 Å². The number of carbonyl (C=O) groups is 1. The van der Waals surface area contributed by atoms with Crippen molar-refractivity contribution < 1.29 is 9.53 Å². The van der Waals surface area contributed by atoms with E-state index in [0.717, 1.165) is 27.8 Å². The maximum Gasteiger partial charge on any atom is 0.323 e. The van der Waals surface area contributed by atoms with Crippen LogP contribution in [0.3, 0.4) is 0 Å². The van der Waals surface area contributed by atoms with E-state index in [-0.39, 0.29) is 23.8 Å². The van der Waals surface area contributed by atoms with E-state index in [4.69, 9.17) is 16.0 Å². The zero-order chi connectivity index (χ0) is 23.8. The highest BCUT2D eigenvalue weighted by molar-refractivity contribution is 6.02. The van der Waals surface area contributed by atoms with Crippen LogP contribution in [0.4, 0.5) is 0 Å². The minimum absolute atomic E-state index is 0.129. The molecule has 4 N–H and O–H groups in total. The van der Waals surface area contributed by atoms with Gasteiger partial charge in [-0.25, -0.2) is 5.84 Å². The third-order valence-electron chi connectivity index (χ3n) is 5.58. The van der Waals surface area contributed by atoms with Crippen molar-refractivity contribution in [3.8, 4) is 11.1 Å². The SMILES string of the molecule is COC(=O)C(NCc1ccc(-c2ccccc2C(=N)N(N)Cc2ccccc2)cc1)C(C)C.